The number of hydrogen-bond donors (Lipinski definition) is 2. The Balaban J connectivity index is 1.57. The van der Waals surface area contributed by atoms with Crippen LogP contribution < -0.4 is 10.9 Å². The number of halogens is 2. The summed E-state index contributed by atoms with van der Waals surface area (Å²) in [6.07, 6.45) is 0. The Bertz CT molecular complexity index is 1490. The Kier molecular flexibility index (Phi) is 5.77. The van der Waals surface area contributed by atoms with Crippen LogP contribution in [0.15, 0.2) is 89.7 Å². The first-order chi connectivity index (χ1) is 16.1. The largest absolute Gasteiger partial charge is 0.308 e. The van der Waals surface area contributed by atoms with Crippen molar-refractivity contribution in [2.75, 3.05) is 0 Å². The summed E-state index contributed by atoms with van der Waals surface area (Å²) in [5, 5.41) is 9.42. The standard InChI is InChI=1S/C26H20ClFN4O/c27-23-12-5-4-7-18(23)15-29-16-19-14-22-24(17-8-6-9-20(28)13-17)31-32(25(22)30-26(19)33)21-10-2-1-3-11-21/h1-14,29H,15-16H2,(H,30,33). The van der Waals surface area contributed by atoms with Gasteiger partial charge in [0, 0.05) is 34.6 Å². The second-order valence-corrected chi connectivity index (χ2v) is 8.09. The van der Waals surface area contributed by atoms with Gasteiger partial charge >= 0.3 is 0 Å². The maximum atomic E-state index is 14.0. The first-order valence-corrected chi connectivity index (χ1v) is 10.9. The van der Waals surface area contributed by atoms with Crippen LogP contribution in [-0.2, 0) is 13.1 Å². The van der Waals surface area contributed by atoms with Crippen molar-refractivity contribution in [1.82, 2.24) is 20.1 Å². The lowest BCUT2D eigenvalue weighted by Crippen LogP contribution is -2.21. The Morgan fingerprint density at radius 1 is 0.909 bits per heavy atom. The lowest BCUT2D eigenvalue weighted by Gasteiger charge is -2.07. The molecule has 164 valence electrons. The zero-order chi connectivity index (χ0) is 22.8. The van der Waals surface area contributed by atoms with E-state index in [1.807, 2.05) is 60.7 Å². The van der Waals surface area contributed by atoms with E-state index in [0.717, 1.165) is 16.6 Å². The molecule has 0 fully saturated rings. The number of nitrogens with one attached hydrogen (secondary N) is 2. The lowest BCUT2D eigenvalue weighted by molar-refractivity contribution is 0.628. The lowest BCUT2D eigenvalue weighted by atomic mass is 10.1. The summed E-state index contributed by atoms with van der Waals surface area (Å²) >= 11 is 6.23. The van der Waals surface area contributed by atoms with Crippen molar-refractivity contribution in [2.45, 2.75) is 13.1 Å². The van der Waals surface area contributed by atoms with Gasteiger partial charge in [0.05, 0.1) is 5.69 Å². The van der Waals surface area contributed by atoms with Crippen LogP contribution in [0.4, 0.5) is 4.39 Å². The van der Waals surface area contributed by atoms with Crippen molar-refractivity contribution < 1.29 is 4.39 Å². The fraction of sp³-hybridized carbons (Fsp3) is 0.0769. The average Bonchev–Trinajstić information content (AvgIpc) is 3.19. The molecule has 3 aromatic carbocycles. The first kappa shape index (κ1) is 21.1. The molecule has 0 amide bonds. The summed E-state index contributed by atoms with van der Waals surface area (Å²) < 4.78 is 15.7. The number of para-hydroxylation sites is 1. The van der Waals surface area contributed by atoms with Gasteiger partial charge in [0.2, 0.25) is 0 Å². The molecule has 0 saturated carbocycles. The maximum Gasteiger partial charge on any atom is 0.254 e. The van der Waals surface area contributed by atoms with E-state index in [-0.39, 0.29) is 11.4 Å². The molecule has 0 spiro atoms. The number of fused-ring (bicyclic) bond motifs is 1. The molecule has 0 atom stereocenters. The minimum absolute atomic E-state index is 0.211. The van der Waals surface area contributed by atoms with Crippen LogP contribution in [0.2, 0.25) is 5.02 Å². The van der Waals surface area contributed by atoms with E-state index >= 15 is 0 Å². The van der Waals surface area contributed by atoms with Crippen LogP contribution in [-0.4, -0.2) is 14.8 Å². The zero-order valence-electron chi connectivity index (χ0n) is 17.6. The maximum absolute atomic E-state index is 14.0. The van der Waals surface area contributed by atoms with Gasteiger partial charge < -0.3 is 10.3 Å². The predicted molar refractivity (Wildman–Crippen MR) is 129 cm³/mol. The van der Waals surface area contributed by atoms with Crippen molar-refractivity contribution >= 4 is 22.6 Å². The number of hydrogen-bond acceptors (Lipinski definition) is 3. The second-order valence-electron chi connectivity index (χ2n) is 7.69. The van der Waals surface area contributed by atoms with Crippen LogP contribution in [0.3, 0.4) is 0 Å². The molecule has 0 saturated heterocycles. The van der Waals surface area contributed by atoms with Gasteiger partial charge in [-0.2, -0.15) is 5.10 Å². The highest BCUT2D eigenvalue weighted by Crippen LogP contribution is 2.29. The Labute approximate surface area is 194 Å². The van der Waals surface area contributed by atoms with Gasteiger partial charge in [0.1, 0.15) is 17.2 Å². The number of H-pyrrole nitrogens is 1. The van der Waals surface area contributed by atoms with Gasteiger partial charge in [0.15, 0.2) is 0 Å². The van der Waals surface area contributed by atoms with Gasteiger partial charge in [-0.15, -0.1) is 0 Å². The van der Waals surface area contributed by atoms with Crippen LogP contribution >= 0.6 is 11.6 Å². The fourth-order valence-corrected chi connectivity index (χ4v) is 4.03. The third-order valence-electron chi connectivity index (χ3n) is 5.45. The third kappa shape index (κ3) is 4.31. The molecular weight excluding hydrogens is 439 g/mol. The van der Waals surface area contributed by atoms with Gasteiger partial charge in [-0.05, 0) is 42.0 Å². The topological polar surface area (TPSA) is 62.7 Å². The van der Waals surface area contributed by atoms with Crippen LogP contribution in [0.1, 0.15) is 11.1 Å². The molecule has 2 aromatic heterocycles. The van der Waals surface area contributed by atoms with Crippen LogP contribution in [0, 0.1) is 5.82 Å². The van der Waals surface area contributed by atoms with Gasteiger partial charge in [0.25, 0.3) is 5.56 Å². The molecule has 5 rings (SSSR count). The highest BCUT2D eigenvalue weighted by atomic mass is 35.5. The molecule has 2 N–H and O–H groups in total. The van der Waals surface area contributed by atoms with E-state index in [2.05, 4.69) is 10.3 Å². The Morgan fingerprint density at radius 3 is 2.45 bits per heavy atom. The van der Waals surface area contributed by atoms with Crippen molar-refractivity contribution in [3.05, 3.63) is 117 Å². The molecule has 5 nitrogen and oxygen atoms in total. The van der Waals surface area contributed by atoms with Crippen LogP contribution in [0.25, 0.3) is 28.0 Å². The highest BCUT2D eigenvalue weighted by Gasteiger charge is 2.17. The molecule has 0 radical (unpaired) electrons. The third-order valence-corrected chi connectivity index (χ3v) is 5.82. The molecule has 0 aliphatic carbocycles. The van der Waals surface area contributed by atoms with E-state index in [4.69, 9.17) is 16.7 Å². The number of aromatic amines is 1. The van der Waals surface area contributed by atoms with E-state index in [1.54, 1.807) is 16.8 Å². The van der Waals surface area contributed by atoms with E-state index in [1.165, 1.54) is 12.1 Å². The fourth-order valence-electron chi connectivity index (χ4n) is 3.82. The summed E-state index contributed by atoms with van der Waals surface area (Å²) in [6.45, 7) is 0.868. The van der Waals surface area contributed by atoms with E-state index < -0.39 is 0 Å². The van der Waals surface area contributed by atoms with Crippen molar-refractivity contribution in [2.24, 2.45) is 0 Å². The predicted octanol–water partition coefficient (Wildman–Crippen LogP) is 5.46. The second kappa shape index (κ2) is 9.02. The monoisotopic (exact) mass is 458 g/mol. The quantitative estimate of drug-likeness (QED) is 0.355. The van der Waals surface area contributed by atoms with Gasteiger partial charge in [-0.1, -0.05) is 60.1 Å². The SMILES string of the molecule is O=c1[nH]c2c(cc1CNCc1ccccc1Cl)c(-c1cccc(F)c1)nn2-c1ccccc1. The first-order valence-electron chi connectivity index (χ1n) is 10.5. The Morgan fingerprint density at radius 2 is 1.67 bits per heavy atom. The summed E-state index contributed by atoms with van der Waals surface area (Å²) in [7, 11) is 0. The molecule has 33 heavy (non-hydrogen) atoms. The summed E-state index contributed by atoms with van der Waals surface area (Å²) in [5.41, 5.74) is 3.88. The number of benzene rings is 3. The molecule has 0 aliphatic rings. The summed E-state index contributed by atoms with van der Waals surface area (Å²) in [4.78, 5) is 15.9. The summed E-state index contributed by atoms with van der Waals surface area (Å²) in [5.74, 6) is -0.346. The van der Waals surface area contributed by atoms with Crippen molar-refractivity contribution in [3.8, 4) is 16.9 Å². The van der Waals surface area contributed by atoms with Gasteiger partial charge in [-0.25, -0.2) is 9.07 Å². The highest BCUT2D eigenvalue weighted by molar-refractivity contribution is 6.31. The number of nitrogens with zero attached hydrogens (tertiary/aromatic N) is 2. The molecule has 5 aromatic rings. The normalized spacial score (nSPS) is 11.2. The average molecular weight is 459 g/mol. The van der Waals surface area contributed by atoms with Crippen molar-refractivity contribution in [3.63, 3.8) is 0 Å². The van der Waals surface area contributed by atoms with E-state index in [9.17, 15) is 9.18 Å². The van der Waals surface area contributed by atoms with Gasteiger partial charge in [-0.3, -0.25) is 4.79 Å². The zero-order valence-corrected chi connectivity index (χ0v) is 18.3. The molecule has 2 heterocycles. The van der Waals surface area contributed by atoms with Crippen LogP contribution in [0.5, 0.6) is 0 Å². The number of aromatic nitrogens is 3. The van der Waals surface area contributed by atoms with E-state index in [0.29, 0.717) is 40.6 Å². The smallest absolute Gasteiger partial charge is 0.254 e. The minimum atomic E-state index is -0.346. The van der Waals surface area contributed by atoms with Crippen molar-refractivity contribution in [1.29, 1.82) is 0 Å². The molecule has 0 aliphatic heterocycles. The summed E-state index contributed by atoms with van der Waals surface area (Å²) in [6, 6.07) is 25.2. The molecule has 0 unspecified atom stereocenters. The number of pyridine rings is 1. The molecule has 7 heteroatoms. The minimum Gasteiger partial charge on any atom is -0.308 e. The molecule has 0 bridgehead atoms. The Hall–Kier alpha value is -3.74. The number of rotatable bonds is 6. The molecular formula is C26H20ClFN4O.